The second-order valence-corrected chi connectivity index (χ2v) is 8.00. The summed E-state index contributed by atoms with van der Waals surface area (Å²) in [6, 6.07) is 22.0. The molecule has 158 valence electrons. The second kappa shape index (κ2) is 9.62. The molecule has 0 aliphatic heterocycles. The maximum Gasteiger partial charge on any atom is 0.253 e. The number of nitrogens with zero attached hydrogens (tertiary/aromatic N) is 1. The average Bonchev–Trinajstić information content (AvgIpc) is 3.28. The van der Waals surface area contributed by atoms with E-state index >= 15 is 0 Å². The van der Waals surface area contributed by atoms with Crippen LogP contribution >= 0.6 is 12.2 Å². The Labute approximate surface area is 186 Å². The number of fused-ring (bicyclic) bond motifs is 1. The van der Waals surface area contributed by atoms with Crippen LogP contribution in [0.4, 0.5) is 0 Å². The highest BCUT2D eigenvalue weighted by molar-refractivity contribution is 7.80. The summed E-state index contributed by atoms with van der Waals surface area (Å²) in [5.74, 6) is 0.792. The van der Waals surface area contributed by atoms with Gasteiger partial charge in [-0.1, -0.05) is 42.5 Å². The van der Waals surface area contributed by atoms with Crippen LogP contribution in [0, 0.1) is 6.92 Å². The van der Waals surface area contributed by atoms with E-state index in [1.807, 2.05) is 66.4 Å². The highest BCUT2D eigenvalue weighted by Crippen LogP contribution is 2.15. The van der Waals surface area contributed by atoms with E-state index in [1.54, 1.807) is 6.26 Å². The third-order valence-corrected chi connectivity index (χ3v) is 5.59. The molecule has 4 aromatic rings. The monoisotopic (exact) mass is 431 g/mol. The number of thiocarbonyl (C=S) groups is 1. The summed E-state index contributed by atoms with van der Waals surface area (Å²) in [5.41, 5.74) is 3.76. The maximum absolute atomic E-state index is 12.7. The van der Waals surface area contributed by atoms with Gasteiger partial charge in [0.05, 0.1) is 19.4 Å². The molecule has 0 saturated carbocycles. The number of aromatic nitrogens is 1. The van der Waals surface area contributed by atoms with Gasteiger partial charge in [0.25, 0.3) is 5.56 Å². The summed E-state index contributed by atoms with van der Waals surface area (Å²) in [7, 11) is 0. The number of rotatable bonds is 7. The van der Waals surface area contributed by atoms with Gasteiger partial charge in [0.15, 0.2) is 5.11 Å². The number of furan rings is 1. The summed E-state index contributed by atoms with van der Waals surface area (Å²) >= 11 is 5.68. The molecule has 0 fully saturated rings. The Hall–Kier alpha value is -3.38. The van der Waals surface area contributed by atoms with Crippen molar-refractivity contribution in [1.82, 2.24) is 15.2 Å². The van der Waals surface area contributed by atoms with E-state index in [1.165, 1.54) is 5.56 Å². The molecular weight excluding hydrogens is 406 g/mol. The Morgan fingerprint density at radius 3 is 2.68 bits per heavy atom. The molecule has 0 amide bonds. The first-order valence-corrected chi connectivity index (χ1v) is 10.7. The lowest BCUT2D eigenvalue weighted by Crippen LogP contribution is -2.40. The van der Waals surface area contributed by atoms with E-state index in [0.29, 0.717) is 30.3 Å². The van der Waals surface area contributed by atoms with Gasteiger partial charge in [0.1, 0.15) is 5.76 Å². The minimum absolute atomic E-state index is 0.102. The molecule has 0 aliphatic rings. The molecule has 2 N–H and O–H groups in total. The van der Waals surface area contributed by atoms with Gasteiger partial charge in [0.2, 0.25) is 0 Å². The third kappa shape index (κ3) is 5.41. The Morgan fingerprint density at radius 1 is 1.06 bits per heavy atom. The fraction of sp³-hybridized carbons (Fsp3) is 0.200. The summed E-state index contributed by atoms with van der Waals surface area (Å²) in [4.78, 5) is 17.7. The van der Waals surface area contributed by atoms with E-state index in [2.05, 4.69) is 22.4 Å². The normalized spacial score (nSPS) is 10.9. The van der Waals surface area contributed by atoms with Crippen molar-refractivity contribution in [1.29, 1.82) is 0 Å². The molecule has 2 aromatic carbocycles. The summed E-state index contributed by atoms with van der Waals surface area (Å²) in [6.07, 6.45) is 2.51. The molecule has 0 radical (unpaired) electrons. The molecular formula is C25H25N3O2S. The first kappa shape index (κ1) is 20.9. The molecule has 4 rings (SSSR count). The maximum atomic E-state index is 12.7. The molecule has 5 nitrogen and oxygen atoms in total. The summed E-state index contributed by atoms with van der Waals surface area (Å²) in [6.45, 7) is 3.59. The quantitative estimate of drug-likeness (QED) is 0.421. The van der Waals surface area contributed by atoms with E-state index in [0.717, 1.165) is 28.6 Å². The topological polar surface area (TPSA) is 61.3 Å². The van der Waals surface area contributed by atoms with Crippen LogP contribution in [0.1, 0.15) is 22.5 Å². The smallest absolute Gasteiger partial charge is 0.253 e. The van der Waals surface area contributed by atoms with Crippen molar-refractivity contribution in [2.75, 3.05) is 6.54 Å². The lowest BCUT2D eigenvalue weighted by Gasteiger charge is -2.25. The van der Waals surface area contributed by atoms with Crippen LogP contribution in [0.2, 0.25) is 0 Å². The molecule has 31 heavy (non-hydrogen) atoms. The fourth-order valence-corrected chi connectivity index (χ4v) is 3.77. The minimum atomic E-state index is -0.102. The third-order valence-electron chi connectivity index (χ3n) is 5.19. The van der Waals surface area contributed by atoms with Crippen LogP contribution in [-0.4, -0.2) is 21.5 Å². The van der Waals surface area contributed by atoms with E-state index < -0.39 is 0 Å². The van der Waals surface area contributed by atoms with Crippen LogP contribution in [0.15, 0.2) is 82.2 Å². The van der Waals surface area contributed by atoms with Gasteiger partial charge < -0.3 is 19.6 Å². The molecule has 2 aromatic heterocycles. The number of nitrogens with one attached hydrogen (secondary N) is 2. The van der Waals surface area contributed by atoms with Crippen molar-refractivity contribution in [2.45, 2.75) is 26.4 Å². The molecule has 6 heteroatoms. The predicted molar refractivity (Wildman–Crippen MR) is 128 cm³/mol. The van der Waals surface area contributed by atoms with Crippen molar-refractivity contribution in [3.8, 4) is 0 Å². The van der Waals surface area contributed by atoms with Gasteiger partial charge in [-0.05, 0) is 66.3 Å². The van der Waals surface area contributed by atoms with Crippen LogP contribution in [0.3, 0.4) is 0 Å². The van der Waals surface area contributed by atoms with Crippen LogP contribution in [0.25, 0.3) is 10.9 Å². The van der Waals surface area contributed by atoms with Crippen LogP contribution < -0.4 is 10.9 Å². The predicted octanol–water partition coefficient (Wildman–Crippen LogP) is 4.55. The molecule has 2 heterocycles. The average molecular weight is 432 g/mol. The summed E-state index contributed by atoms with van der Waals surface area (Å²) < 4.78 is 5.52. The zero-order valence-electron chi connectivity index (χ0n) is 17.4. The zero-order chi connectivity index (χ0) is 21.6. The van der Waals surface area contributed by atoms with Crippen LogP contribution in [-0.2, 0) is 19.5 Å². The number of aryl methyl sites for hydroxylation is 1. The minimum Gasteiger partial charge on any atom is -0.467 e. The van der Waals surface area contributed by atoms with Crippen molar-refractivity contribution < 1.29 is 4.42 Å². The molecule has 0 saturated heterocycles. The molecule has 0 unspecified atom stereocenters. The van der Waals surface area contributed by atoms with E-state index in [9.17, 15) is 4.79 Å². The standard InChI is InChI=1S/C25H25N3O2S/c1-18-9-10-20-15-21(24(29)27-23(20)14-18)16-28(17-22-8-5-13-30-22)25(31)26-12-11-19-6-3-2-4-7-19/h2-10,13-15H,11-12,16-17H2,1H3,(H,26,31)(H,27,29). The number of hydrogen-bond donors (Lipinski definition) is 2. The Kier molecular flexibility index (Phi) is 6.48. The van der Waals surface area contributed by atoms with E-state index in [-0.39, 0.29) is 5.56 Å². The molecule has 0 atom stereocenters. The lowest BCUT2D eigenvalue weighted by atomic mass is 10.1. The van der Waals surface area contributed by atoms with Gasteiger partial charge in [-0.2, -0.15) is 0 Å². The van der Waals surface area contributed by atoms with Gasteiger partial charge >= 0.3 is 0 Å². The number of hydrogen-bond acceptors (Lipinski definition) is 3. The zero-order valence-corrected chi connectivity index (χ0v) is 18.2. The van der Waals surface area contributed by atoms with Gasteiger partial charge in [0, 0.05) is 17.6 Å². The van der Waals surface area contributed by atoms with Gasteiger partial charge in [-0.3, -0.25) is 4.79 Å². The summed E-state index contributed by atoms with van der Waals surface area (Å²) in [5, 5.41) is 4.93. The molecule has 0 aliphatic carbocycles. The highest BCUT2D eigenvalue weighted by atomic mass is 32.1. The van der Waals surface area contributed by atoms with Crippen LogP contribution in [0.5, 0.6) is 0 Å². The van der Waals surface area contributed by atoms with Crippen molar-refractivity contribution in [3.63, 3.8) is 0 Å². The van der Waals surface area contributed by atoms with Crippen molar-refractivity contribution in [2.24, 2.45) is 0 Å². The molecule has 0 bridgehead atoms. The number of aromatic amines is 1. The first-order valence-electron chi connectivity index (χ1n) is 10.3. The SMILES string of the molecule is Cc1ccc2cc(CN(Cc3ccco3)C(=S)NCCc3ccccc3)c(=O)[nH]c2c1. The van der Waals surface area contributed by atoms with Crippen molar-refractivity contribution >= 4 is 28.2 Å². The number of benzene rings is 2. The lowest BCUT2D eigenvalue weighted by molar-refractivity contribution is 0.350. The fourth-order valence-electron chi connectivity index (χ4n) is 3.54. The van der Waals surface area contributed by atoms with Gasteiger partial charge in [-0.25, -0.2) is 0 Å². The van der Waals surface area contributed by atoms with Crippen molar-refractivity contribution in [3.05, 3.63) is 106 Å². The number of H-pyrrole nitrogens is 1. The Bertz CT molecular complexity index is 1220. The molecule has 0 spiro atoms. The van der Waals surface area contributed by atoms with E-state index in [4.69, 9.17) is 16.6 Å². The highest BCUT2D eigenvalue weighted by Gasteiger charge is 2.15. The largest absolute Gasteiger partial charge is 0.467 e. The second-order valence-electron chi connectivity index (χ2n) is 7.62. The first-order chi connectivity index (χ1) is 15.1. The number of pyridine rings is 1. The van der Waals surface area contributed by atoms with Gasteiger partial charge in [-0.15, -0.1) is 0 Å². The Balaban J connectivity index is 1.51. The Morgan fingerprint density at radius 2 is 1.90 bits per heavy atom.